The Balaban J connectivity index is 1.51. The standard InChI is InChI=1S/C22H27N5O4S2/c1-16-19(8-10-31-16)21-24-27(22(32)26(21)12-17-6-4-3-5-7-17)15-25(2)13-20(28)23-18-9-11-33(29,30)14-18/h3-8,10,18H,9,11-15H2,1-2H3,(H,23,28). The minimum absolute atomic E-state index is 0.00478. The highest BCUT2D eigenvalue weighted by atomic mass is 32.2. The predicted octanol–water partition coefficient (Wildman–Crippen LogP) is 2.22. The summed E-state index contributed by atoms with van der Waals surface area (Å²) in [6.07, 6.45) is 2.08. The lowest BCUT2D eigenvalue weighted by atomic mass is 10.2. The molecule has 1 unspecified atom stereocenters. The number of sulfone groups is 1. The third-order valence-corrected chi connectivity index (χ3v) is 7.79. The molecule has 0 saturated carbocycles. The van der Waals surface area contributed by atoms with Gasteiger partial charge in [0.15, 0.2) is 20.4 Å². The first-order chi connectivity index (χ1) is 15.7. The number of aromatic nitrogens is 3. The molecule has 0 aliphatic carbocycles. The summed E-state index contributed by atoms with van der Waals surface area (Å²) in [5.74, 6) is 1.35. The first-order valence-electron chi connectivity index (χ1n) is 10.7. The monoisotopic (exact) mass is 489 g/mol. The Morgan fingerprint density at radius 2 is 2.06 bits per heavy atom. The molecule has 0 bridgehead atoms. The molecule has 2 aromatic heterocycles. The fourth-order valence-corrected chi connectivity index (χ4v) is 5.89. The van der Waals surface area contributed by atoms with Crippen molar-refractivity contribution in [3.05, 3.63) is 58.8 Å². The number of aryl methyl sites for hydroxylation is 1. The highest BCUT2D eigenvalue weighted by molar-refractivity contribution is 7.91. The molecule has 4 rings (SSSR count). The second-order valence-electron chi connectivity index (χ2n) is 8.39. The van der Waals surface area contributed by atoms with E-state index in [4.69, 9.17) is 21.7 Å². The maximum absolute atomic E-state index is 12.4. The van der Waals surface area contributed by atoms with Gasteiger partial charge in [0.25, 0.3) is 0 Å². The van der Waals surface area contributed by atoms with Crippen LogP contribution in [0.2, 0.25) is 0 Å². The van der Waals surface area contributed by atoms with E-state index in [2.05, 4.69) is 5.32 Å². The summed E-state index contributed by atoms with van der Waals surface area (Å²) in [5.41, 5.74) is 1.95. The minimum atomic E-state index is -3.04. The number of carbonyl (C=O) groups is 1. The molecule has 0 spiro atoms. The van der Waals surface area contributed by atoms with Crippen LogP contribution in [0.5, 0.6) is 0 Å². The van der Waals surface area contributed by atoms with Crippen molar-refractivity contribution in [2.45, 2.75) is 32.6 Å². The third kappa shape index (κ3) is 5.60. The number of amides is 1. The van der Waals surface area contributed by atoms with Crippen molar-refractivity contribution in [1.29, 1.82) is 0 Å². The summed E-state index contributed by atoms with van der Waals surface area (Å²) >= 11 is 5.74. The van der Waals surface area contributed by atoms with E-state index in [1.54, 1.807) is 22.9 Å². The molecule has 1 fully saturated rings. The molecule has 3 heterocycles. The van der Waals surface area contributed by atoms with Crippen molar-refractivity contribution in [1.82, 2.24) is 24.6 Å². The Morgan fingerprint density at radius 1 is 1.30 bits per heavy atom. The first kappa shape index (κ1) is 23.4. The lowest BCUT2D eigenvalue weighted by molar-refractivity contribution is -0.122. The molecule has 9 nitrogen and oxygen atoms in total. The van der Waals surface area contributed by atoms with Crippen molar-refractivity contribution >= 4 is 28.0 Å². The number of hydrogen-bond donors (Lipinski definition) is 1. The summed E-state index contributed by atoms with van der Waals surface area (Å²) < 4.78 is 32.9. The zero-order chi connectivity index (χ0) is 23.6. The number of nitrogens with one attached hydrogen (secondary N) is 1. The molecule has 1 amide bonds. The lowest BCUT2D eigenvalue weighted by Gasteiger charge is -2.18. The predicted molar refractivity (Wildman–Crippen MR) is 127 cm³/mol. The van der Waals surface area contributed by atoms with Gasteiger partial charge in [0.1, 0.15) is 5.76 Å². The highest BCUT2D eigenvalue weighted by Gasteiger charge is 2.29. The maximum atomic E-state index is 12.4. The summed E-state index contributed by atoms with van der Waals surface area (Å²) in [6.45, 7) is 2.84. The van der Waals surface area contributed by atoms with Crippen molar-refractivity contribution < 1.29 is 17.6 Å². The number of hydrogen-bond acceptors (Lipinski definition) is 7. The molecule has 1 atom stereocenters. The second-order valence-corrected chi connectivity index (χ2v) is 11.0. The van der Waals surface area contributed by atoms with Gasteiger partial charge in [-0.3, -0.25) is 14.3 Å². The van der Waals surface area contributed by atoms with Gasteiger partial charge in [-0.2, -0.15) is 5.10 Å². The summed E-state index contributed by atoms with van der Waals surface area (Å²) in [6, 6.07) is 11.5. The van der Waals surface area contributed by atoms with Crippen molar-refractivity contribution in [2.24, 2.45) is 0 Å². The SMILES string of the molecule is Cc1occc1-c1nn(CN(C)CC(=O)NC2CCS(=O)(=O)C2)c(=S)n1Cc1ccccc1. The smallest absolute Gasteiger partial charge is 0.234 e. The Morgan fingerprint density at radius 3 is 2.70 bits per heavy atom. The van der Waals surface area contributed by atoms with Crippen LogP contribution < -0.4 is 5.32 Å². The highest BCUT2D eigenvalue weighted by Crippen LogP contribution is 2.24. The van der Waals surface area contributed by atoms with Gasteiger partial charge < -0.3 is 9.73 Å². The van der Waals surface area contributed by atoms with Gasteiger partial charge in [-0.1, -0.05) is 30.3 Å². The van der Waals surface area contributed by atoms with Crippen LogP contribution in [-0.4, -0.2) is 64.7 Å². The molecule has 1 aliphatic heterocycles. The Hall–Kier alpha value is -2.76. The van der Waals surface area contributed by atoms with Crippen molar-refractivity contribution in [2.75, 3.05) is 25.1 Å². The third-order valence-electron chi connectivity index (χ3n) is 5.59. The van der Waals surface area contributed by atoms with Crippen LogP contribution in [0.25, 0.3) is 11.4 Å². The molecule has 176 valence electrons. The molecule has 3 aromatic rings. The molecule has 0 radical (unpaired) electrons. The Bertz CT molecular complexity index is 1290. The van der Waals surface area contributed by atoms with Crippen LogP contribution in [-0.2, 0) is 27.8 Å². The number of benzene rings is 1. The van der Waals surface area contributed by atoms with Gasteiger partial charge in [0, 0.05) is 6.04 Å². The van der Waals surface area contributed by atoms with E-state index in [9.17, 15) is 13.2 Å². The van der Waals surface area contributed by atoms with Crippen LogP contribution in [0.3, 0.4) is 0 Å². The van der Waals surface area contributed by atoms with Crippen LogP contribution in [0.1, 0.15) is 17.7 Å². The van der Waals surface area contributed by atoms with Gasteiger partial charge in [0.05, 0.1) is 43.1 Å². The minimum Gasteiger partial charge on any atom is -0.469 e. The zero-order valence-electron chi connectivity index (χ0n) is 18.6. The molecule has 1 saturated heterocycles. The quantitative estimate of drug-likeness (QED) is 0.484. The van der Waals surface area contributed by atoms with Gasteiger partial charge in [-0.25, -0.2) is 13.1 Å². The second kappa shape index (κ2) is 9.62. The molecule has 1 N–H and O–H groups in total. The van der Waals surface area contributed by atoms with E-state index < -0.39 is 9.84 Å². The summed E-state index contributed by atoms with van der Waals surface area (Å²) in [7, 11) is -1.25. The van der Waals surface area contributed by atoms with Gasteiger partial charge in [0.2, 0.25) is 5.91 Å². The van der Waals surface area contributed by atoms with E-state index in [0.717, 1.165) is 16.9 Å². The molecule has 33 heavy (non-hydrogen) atoms. The number of furan rings is 1. The molecule has 1 aliphatic rings. The summed E-state index contributed by atoms with van der Waals surface area (Å²) in [5, 5.41) is 7.55. The van der Waals surface area contributed by atoms with E-state index in [1.807, 2.05) is 47.9 Å². The fraction of sp³-hybridized carbons (Fsp3) is 0.409. The van der Waals surface area contributed by atoms with E-state index >= 15 is 0 Å². The number of likely N-dealkylation sites (N-methyl/N-ethyl adjacent to an activating group) is 1. The maximum Gasteiger partial charge on any atom is 0.234 e. The number of carbonyl (C=O) groups excluding carboxylic acids is 1. The topological polar surface area (TPSA) is 102 Å². The van der Waals surface area contributed by atoms with Crippen LogP contribution in [0.4, 0.5) is 0 Å². The summed E-state index contributed by atoms with van der Waals surface area (Å²) in [4.78, 5) is 14.2. The van der Waals surface area contributed by atoms with E-state index in [-0.39, 0.29) is 30.0 Å². The van der Waals surface area contributed by atoms with Gasteiger partial charge in [-0.15, -0.1) is 0 Å². The average Bonchev–Trinajstić information content (AvgIpc) is 3.41. The van der Waals surface area contributed by atoms with Gasteiger partial charge >= 0.3 is 0 Å². The largest absolute Gasteiger partial charge is 0.469 e. The first-order valence-corrected chi connectivity index (χ1v) is 12.9. The lowest BCUT2D eigenvalue weighted by Crippen LogP contribution is -2.42. The van der Waals surface area contributed by atoms with Crippen molar-refractivity contribution in [3.8, 4) is 11.4 Å². The number of nitrogens with zero attached hydrogens (tertiary/aromatic N) is 4. The normalized spacial score (nSPS) is 17.5. The zero-order valence-corrected chi connectivity index (χ0v) is 20.2. The van der Waals surface area contributed by atoms with Crippen LogP contribution in [0.15, 0.2) is 47.1 Å². The molecule has 1 aromatic carbocycles. The molecule has 11 heteroatoms. The molecular weight excluding hydrogens is 462 g/mol. The average molecular weight is 490 g/mol. The van der Waals surface area contributed by atoms with Crippen molar-refractivity contribution in [3.63, 3.8) is 0 Å². The van der Waals surface area contributed by atoms with Gasteiger partial charge in [-0.05, 0) is 44.2 Å². The van der Waals surface area contributed by atoms with Crippen LogP contribution in [0, 0.1) is 11.7 Å². The number of rotatable bonds is 8. The van der Waals surface area contributed by atoms with E-state index in [1.165, 1.54) is 0 Å². The Kier molecular flexibility index (Phi) is 6.82. The van der Waals surface area contributed by atoms with E-state index in [0.29, 0.717) is 30.2 Å². The Labute approximate surface area is 197 Å². The fourth-order valence-electron chi connectivity index (χ4n) is 3.96. The molecular formula is C22H27N5O4S2. The van der Waals surface area contributed by atoms with Crippen LogP contribution >= 0.6 is 12.2 Å².